The van der Waals surface area contributed by atoms with Crippen LogP contribution < -0.4 is 10.2 Å². The predicted octanol–water partition coefficient (Wildman–Crippen LogP) is 1.40. The Morgan fingerprint density at radius 3 is 3.12 bits per heavy atom. The van der Waals surface area contributed by atoms with E-state index in [9.17, 15) is 0 Å². The fraction of sp³-hybridized carbons (Fsp3) is 0.462. The first-order valence-electron chi connectivity index (χ1n) is 5.62. The third-order valence-electron chi connectivity index (χ3n) is 2.79. The molecule has 3 heteroatoms. The molecule has 1 aliphatic carbocycles. The maximum atomic E-state index is 5.32. The van der Waals surface area contributed by atoms with E-state index in [0.717, 1.165) is 18.3 Å². The molecule has 3 nitrogen and oxygen atoms in total. The Kier molecular flexibility index (Phi) is 3.43. The zero-order valence-electron chi connectivity index (χ0n) is 9.61. The van der Waals surface area contributed by atoms with Crippen molar-refractivity contribution in [1.82, 2.24) is 10.3 Å². The molecule has 1 aromatic rings. The summed E-state index contributed by atoms with van der Waals surface area (Å²) in [5, 5.41) is 3.50. The molecular weight excluding hydrogens is 198 g/mol. The molecule has 0 radical (unpaired) electrons. The van der Waals surface area contributed by atoms with Crippen molar-refractivity contribution < 1.29 is 0 Å². The zero-order chi connectivity index (χ0) is 11.4. The molecule has 0 spiro atoms. The van der Waals surface area contributed by atoms with Crippen LogP contribution in [0.2, 0.25) is 0 Å². The Labute approximate surface area is 96.9 Å². The van der Waals surface area contributed by atoms with Crippen molar-refractivity contribution in [1.29, 1.82) is 0 Å². The molecule has 1 fully saturated rings. The van der Waals surface area contributed by atoms with Gasteiger partial charge in [0.05, 0.1) is 18.4 Å². The number of hydrogen-bond donors (Lipinski definition) is 1. The summed E-state index contributed by atoms with van der Waals surface area (Å²) in [4.78, 5) is 6.21. The van der Waals surface area contributed by atoms with Crippen LogP contribution >= 0.6 is 0 Å². The lowest BCUT2D eigenvalue weighted by Gasteiger charge is -2.19. The maximum absolute atomic E-state index is 5.32. The van der Waals surface area contributed by atoms with Gasteiger partial charge in [-0.05, 0) is 24.5 Å². The van der Waals surface area contributed by atoms with E-state index in [0.29, 0.717) is 6.54 Å². The van der Waals surface area contributed by atoms with Crippen molar-refractivity contribution in [2.45, 2.75) is 25.4 Å². The Morgan fingerprint density at radius 2 is 2.44 bits per heavy atom. The van der Waals surface area contributed by atoms with Crippen LogP contribution in [0.5, 0.6) is 0 Å². The van der Waals surface area contributed by atoms with Crippen molar-refractivity contribution in [2.24, 2.45) is 0 Å². The molecule has 1 aromatic heterocycles. The molecule has 0 amide bonds. The van der Waals surface area contributed by atoms with E-state index >= 15 is 0 Å². The molecule has 84 valence electrons. The summed E-state index contributed by atoms with van der Waals surface area (Å²) in [6.45, 7) is 1.51. The summed E-state index contributed by atoms with van der Waals surface area (Å²) < 4.78 is 0. The highest BCUT2D eigenvalue weighted by molar-refractivity contribution is 5.51. The lowest BCUT2D eigenvalue weighted by Crippen LogP contribution is -2.22. The van der Waals surface area contributed by atoms with Crippen molar-refractivity contribution in [2.75, 3.05) is 18.5 Å². The lowest BCUT2D eigenvalue weighted by molar-refractivity contribution is 0.686. The molecule has 1 aliphatic rings. The molecule has 0 bridgehead atoms. The van der Waals surface area contributed by atoms with Gasteiger partial charge in [0.1, 0.15) is 0 Å². The molecule has 0 atom stereocenters. The van der Waals surface area contributed by atoms with Crippen LogP contribution in [0, 0.1) is 12.3 Å². The van der Waals surface area contributed by atoms with E-state index in [1.807, 2.05) is 19.4 Å². The number of terminal acetylenes is 1. The molecule has 0 aromatic carbocycles. The minimum Gasteiger partial charge on any atom is -0.362 e. The number of nitrogens with zero attached hydrogens (tertiary/aromatic N) is 2. The SMILES string of the molecule is C#CCN(C)c1cnccc1CNC1CC1. The molecule has 0 unspecified atom stereocenters. The van der Waals surface area contributed by atoms with Gasteiger partial charge in [0.25, 0.3) is 0 Å². The average molecular weight is 215 g/mol. The van der Waals surface area contributed by atoms with Gasteiger partial charge in [0.2, 0.25) is 0 Å². The second-order valence-electron chi connectivity index (χ2n) is 4.22. The van der Waals surface area contributed by atoms with Crippen molar-refractivity contribution in [3.8, 4) is 12.3 Å². The number of pyridine rings is 1. The molecule has 1 N–H and O–H groups in total. The van der Waals surface area contributed by atoms with Crippen LogP contribution in [-0.4, -0.2) is 24.6 Å². The second kappa shape index (κ2) is 5.00. The summed E-state index contributed by atoms with van der Waals surface area (Å²) in [5.74, 6) is 2.65. The molecule has 0 aliphatic heterocycles. The molecular formula is C13H17N3. The summed E-state index contributed by atoms with van der Waals surface area (Å²) in [7, 11) is 2.00. The van der Waals surface area contributed by atoms with Crippen molar-refractivity contribution in [3.05, 3.63) is 24.0 Å². The minimum absolute atomic E-state index is 0.613. The van der Waals surface area contributed by atoms with E-state index < -0.39 is 0 Å². The summed E-state index contributed by atoms with van der Waals surface area (Å²) in [6.07, 6.45) is 11.6. The molecule has 1 saturated carbocycles. The van der Waals surface area contributed by atoms with Gasteiger partial charge in [-0.15, -0.1) is 6.42 Å². The van der Waals surface area contributed by atoms with Crippen LogP contribution in [0.3, 0.4) is 0 Å². The highest BCUT2D eigenvalue weighted by Crippen LogP contribution is 2.22. The second-order valence-corrected chi connectivity index (χ2v) is 4.22. The quantitative estimate of drug-likeness (QED) is 0.753. The highest BCUT2D eigenvalue weighted by Gasteiger charge is 2.20. The number of aromatic nitrogens is 1. The first-order valence-corrected chi connectivity index (χ1v) is 5.62. The van der Waals surface area contributed by atoms with Gasteiger partial charge in [0.15, 0.2) is 0 Å². The van der Waals surface area contributed by atoms with Crippen LogP contribution in [-0.2, 0) is 6.54 Å². The molecule has 1 heterocycles. The Bertz CT molecular complexity index is 390. The predicted molar refractivity (Wildman–Crippen MR) is 66.2 cm³/mol. The third-order valence-corrected chi connectivity index (χ3v) is 2.79. The van der Waals surface area contributed by atoms with Gasteiger partial charge in [-0.2, -0.15) is 0 Å². The Balaban J connectivity index is 2.06. The van der Waals surface area contributed by atoms with E-state index in [1.54, 1.807) is 0 Å². The highest BCUT2D eigenvalue weighted by atomic mass is 15.1. The van der Waals surface area contributed by atoms with E-state index in [2.05, 4.69) is 27.2 Å². The minimum atomic E-state index is 0.613. The van der Waals surface area contributed by atoms with Crippen molar-refractivity contribution in [3.63, 3.8) is 0 Å². The van der Waals surface area contributed by atoms with Gasteiger partial charge in [-0.3, -0.25) is 4.98 Å². The fourth-order valence-corrected chi connectivity index (χ4v) is 1.67. The summed E-state index contributed by atoms with van der Waals surface area (Å²) >= 11 is 0. The summed E-state index contributed by atoms with van der Waals surface area (Å²) in [5.41, 5.74) is 2.38. The van der Waals surface area contributed by atoms with Crippen molar-refractivity contribution >= 4 is 5.69 Å². The van der Waals surface area contributed by atoms with Gasteiger partial charge >= 0.3 is 0 Å². The maximum Gasteiger partial charge on any atom is 0.0789 e. The first kappa shape index (κ1) is 11.0. The number of nitrogens with one attached hydrogen (secondary N) is 1. The smallest absolute Gasteiger partial charge is 0.0789 e. The van der Waals surface area contributed by atoms with E-state index in [4.69, 9.17) is 6.42 Å². The first-order chi connectivity index (χ1) is 7.81. The number of rotatable bonds is 5. The number of anilines is 1. The Hall–Kier alpha value is -1.53. The fourth-order valence-electron chi connectivity index (χ4n) is 1.67. The third kappa shape index (κ3) is 2.74. The van der Waals surface area contributed by atoms with Crippen LogP contribution in [0.1, 0.15) is 18.4 Å². The lowest BCUT2D eigenvalue weighted by atomic mass is 10.2. The van der Waals surface area contributed by atoms with E-state index in [1.165, 1.54) is 18.4 Å². The molecule has 2 rings (SSSR count). The normalized spacial score (nSPS) is 14.5. The van der Waals surface area contributed by atoms with Gasteiger partial charge in [-0.1, -0.05) is 5.92 Å². The van der Waals surface area contributed by atoms with Crippen LogP contribution in [0.25, 0.3) is 0 Å². The zero-order valence-corrected chi connectivity index (χ0v) is 9.61. The van der Waals surface area contributed by atoms with Gasteiger partial charge < -0.3 is 10.2 Å². The van der Waals surface area contributed by atoms with Crippen LogP contribution in [0.15, 0.2) is 18.5 Å². The summed E-state index contributed by atoms with van der Waals surface area (Å²) in [6, 6.07) is 2.77. The standard InChI is InChI=1S/C13H17N3/c1-3-8-16(2)13-10-14-7-6-11(13)9-15-12-4-5-12/h1,6-7,10,12,15H,4-5,8-9H2,2H3. The van der Waals surface area contributed by atoms with Gasteiger partial charge in [0, 0.05) is 25.8 Å². The Morgan fingerprint density at radius 1 is 1.62 bits per heavy atom. The molecule has 16 heavy (non-hydrogen) atoms. The molecule has 0 saturated heterocycles. The van der Waals surface area contributed by atoms with Crippen LogP contribution in [0.4, 0.5) is 5.69 Å². The van der Waals surface area contributed by atoms with E-state index in [-0.39, 0.29) is 0 Å². The average Bonchev–Trinajstić information content (AvgIpc) is 3.11. The monoisotopic (exact) mass is 215 g/mol. The number of hydrogen-bond acceptors (Lipinski definition) is 3. The topological polar surface area (TPSA) is 28.2 Å². The van der Waals surface area contributed by atoms with Gasteiger partial charge in [-0.25, -0.2) is 0 Å². The largest absolute Gasteiger partial charge is 0.362 e.